The van der Waals surface area contributed by atoms with Crippen LogP contribution in [0.4, 0.5) is 5.69 Å². The van der Waals surface area contributed by atoms with Crippen LogP contribution in [0.1, 0.15) is 66.9 Å². The summed E-state index contributed by atoms with van der Waals surface area (Å²) in [5.74, 6) is 1.16. The summed E-state index contributed by atoms with van der Waals surface area (Å²) in [6.45, 7) is 4.39. The molecule has 2 aliphatic carbocycles. The molecular weight excluding hydrogens is 604 g/mol. The molecule has 2 aliphatic heterocycles. The fourth-order valence-electron chi connectivity index (χ4n) is 7.56. The van der Waals surface area contributed by atoms with E-state index in [4.69, 9.17) is 35.7 Å². The lowest BCUT2D eigenvalue weighted by Crippen LogP contribution is -2.51. The number of hydrogen-bond donors (Lipinski definition) is 1. The largest absolute Gasteiger partial charge is 0.490 e. The van der Waals surface area contributed by atoms with Gasteiger partial charge in [0.2, 0.25) is 10.0 Å². The molecule has 1 spiro atoms. The van der Waals surface area contributed by atoms with Crippen molar-refractivity contribution in [2.75, 3.05) is 44.9 Å². The average molecular weight is 647 g/mol. The van der Waals surface area contributed by atoms with Crippen LogP contribution >= 0.6 is 11.6 Å². The van der Waals surface area contributed by atoms with Crippen molar-refractivity contribution >= 4 is 33.3 Å². The molecular formula is C33H43ClN2O7S. The number of fused-ring (bicyclic) bond motifs is 3. The Morgan fingerprint density at radius 3 is 2.80 bits per heavy atom. The first kappa shape index (κ1) is 31.6. The van der Waals surface area contributed by atoms with Gasteiger partial charge in [0.25, 0.3) is 0 Å². The summed E-state index contributed by atoms with van der Waals surface area (Å²) >= 11 is 6.41. The van der Waals surface area contributed by atoms with E-state index >= 15 is 0 Å². The monoisotopic (exact) mass is 646 g/mol. The van der Waals surface area contributed by atoms with E-state index < -0.39 is 15.3 Å². The molecule has 44 heavy (non-hydrogen) atoms. The van der Waals surface area contributed by atoms with Crippen LogP contribution in [0.5, 0.6) is 5.75 Å². The Kier molecular flexibility index (Phi) is 9.19. The average Bonchev–Trinajstić information content (AvgIpc) is 3.14. The van der Waals surface area contributed by atoms with Gasteiger partial charge in [0.05, 0.1) is 49.0 Å². The fourth-order valence-corrected chi connectivity index (χ4v) is 8.03. The van der Waals surface area contributed by atoms with Crippen LogP contribution in [0, 0.1) is 11.8 Å². The third-order valence-electron chi connectivity index (χ3n) is 10.3. The third kappa shape index (κ3) is 6.47. The normalized spacial score (nSPS) is 29.0. The predicted octanol–water partition coefficient (Wildman–Crippen LogP) is 4.87. The zero-order chi connectivity index (χ0) is 31.1. The van der Waals surface area contributed by atoms with Gasteiger partial charge in [-0.2, -0.15) is 0 Å². The van der Waals surface area contributed by atoms with Crippen LogP contribution < -0.4 is 14.8 Å². The van der Waals surface area contributed by atoms with Crippen LogP contribution in [0.3, 0.4) is 0 Å². The van der Waals surface area contributed by atoms with Gasteiger partial charge in [-0.15, -0.1) is 0 Å². The van der Waals surface area contributed by atoms with Gasteiger partial charge in [0, 0.05) is 36.6 Å². The van der Waals surface area contributed by atoms with E-state index in [2.05, 4.69) is 17.0 Å². The minimum absolute atomic E-state index is 0.0490. The standard InChI is InChI=1S/C33H43ClN2O7S/c1-21(44(35,38)39)18-42-26-11-13-41-31(16-26)27-8-5-24(27)17-36-19-33(12-3-4-22-14-25(34)7-9-28(22)33)20-43-30-10-6-23(15-29(30)36)32(37)40-2/h6-7,9-10,14-15,21,24,26-27,31H,3-5,8,11-13,16-20H2,1-2H3,(H2,35,38,39)/t21-,24-,26+,27+,31-,33-/m0/s1. The highest BCUT2D eigenvalue weighted by atomic mass is 35.5. The van der Waals surface area contributed by atoms with E-state index in [0.29, 0.717) is 30.6 Å². The lowest BCUT2D eigenvalue weighted by molar-refractivity contribution is -0.116. The van der Waals surface area contributed by atoms with E-state index in [1.165, 1.54) is 18.2 Å². The van der Waals surface area contributed by atoms with Gasteiger partial charge in [0.1, 0.15) is 5.75 Å². The predicted molar refractivity (Wildman–Crippen MR) is 169 cm³/mol. The number of carbonyl (C=O) groups excluding carboxylic acids is 1. The van der Waals surface area contributed by atoms with Gasteiger partial charge >= 0.3 is 5.97 Å². The van der Waals surface area contributed by atoms with Crippen molar-refractivity contribution < 1.29 is 32.2 Å². The highest BCUT2D eigenvalue weighted by Gasteiger charge is 2.45. The van der Waals surface area contributed by atoms with Crippen molar-refractivity contribution in [2.24, 2.45) is 17.0 Å². The van der Waals surface area contributed by atoms with Gasteiger partial charge in [-0.25, -0.2) is 18.4 Å². The first-order valence-electron chi connectivity index (χ1n) is 15.7. The Labute approximate surface area is 265 Å². The third-order valence-corrected chi connectivity index (χ3v) is 11.8. The van der Waals surface area contributed by atoms with Gasteiger partial charge in [0.15, 0.2) is 0 Å². The minimum atomic E-state index is -3.63. The van der Waals surface area contributed by atoms with Crippen molar-refractivity contribution in [3.05, 3.63) is 58.1 Å². The maximum Gasteiger partial charge on any atom is 0.337 e. The fraction of sp³-hybridized carbons (Fsp3) is 0.606. The van der Waals surface area contributed by atoms with E-state index in [-0.39, 0.29) is 30.2 Å². The molecule has 2 N–H and O–H groups in total. The maximum atomic E-state index is 12.5. The highest BCUT2D eigenvalue weighted by molar-refractivity contribution is 7.89. The molecule has 0 amide bonds. The Balaban J connectivity index is 1.24. The molecule has 4 aliphatic rings. The molecule has 0 bridgehead atoms. The second kappa shape index (κ2) is 12.8. The van der Waals surface area contributed by atoms with Crippen molar-refractivity contribution in [2.45, 2.75) is 74.7 Å². The van der Waals surface area contributed by atoms with Gasteiger partial charge in [-0.1, -0.05) is 17.7 Å². The number of nitrogens with two attached hydrogens (primary N) is 1. The van der Waals surface area contributed by atoms with Crippen LogP contribution in [0.25, 0.3) is 0 Å². The summed E-state index contributed by atoms with van der Waals surface area (Å²) in [7, 11) is -2.23. The number of nitrogens with zero attached hydrogens (tertiary/aromatic N) is 1. The number of carbonyl (C=O) groups is 1. The molecule has 6 rings (SSSR count). The number of rotatable bonds is 8. The van der Waals surface area contributed by atoms with E-state index in [9.17, 15) is 13.2 Å². The van der Waals surface area contributed by atoms with Gasteiger partial charge in [-0.3, -0.25) is 0 Å². The molecule has 1 saturated carbocycles. The second-order valence-electron chi connectivity index (χ2n) is 13.1. The number of hydrogen-bond acceptors (Lipinski definition) is 8. The van der Waals surface area contributed by atoms with Crippen molar-refractivity contribution in [1.29, 1.82) is 0 Å². The molecule has 2 aromatic rings. The molecule has 2 aromatic carbocycles. The summed E-state index contributed by atoms with van der Waals surface area (Å²) in [6.07, 6.45) is 6.69. The maximum absolute atomic E-state index is 12.5. The van der Waals surface area contributed by atoms with Crippen LogP contribution in [0.15, 0.2) is 36.4 Å². The topological polar surface area (TPSA) is 117 Å². The second-order valence-corrected chi connectivity index (χ2v) is 15.5. The van der Waals surface area contributed by atoms with Crippen LogP contribution in [-0.2, 0) is 36.1 Å². The molecule has 2 heterocycles. The van der Waals surface area contributed by atoms with Gasteiger partial charge in [-0.05, 0) is 98.7 Å². The molecule has 0 aromatic heterocycles. The zero-order valence-electron chi connectivity index (χ0n) is 25.5. The number of aryl methyl sites for hydroxylation is 1. The Bertz CT molecular complexity index is 1490. The van der Waals surface area contributed by atoms with Crippen molar-refractivity contribution in [3.63, 3.8) is 0 Å². The lowest BCUT2D eigenvalue weighted by Gasteiger charge is -2.47. The Morgan fingerprint density at radius 1 is 1.20 bits per heavy atom. The summed E-state index contributed by atoms with van der Waals surface area (Å²) < 4.78 is 47.3. The smallest absolute Gasteiger partial charge is 0.337 e. The number of halogens is 1. The van der Waals surface area contributed by atoms with E-state index in [0.717, 1.165) is 74.5 Å². The van der Waals surface area contributed by atoms with Gasteiger partial charge < -0.3 is 23.8 Å². The van der Waals surface area contributed by atoms with Crippen LogP contribution in [0.2, 0.25) is 5.02 Å². The number of sulfonamides is 1. The van der Waals surface area contributed by atoms with Crippen molar-refractivity contribution in [3.8, 4) is 5.75 Å². The molecule has 0 radical (unpaired) electrons. The number of primary sulfonamides is 1. The van der Waals surface area contributed by atoms with E-state index in [1.807, 2.05) is 18.2 Å². The van der Waals surface area contributed by atoms with Crippen LogP contribution in [-0.4, -0.2) is 71.9 Å². The molecule has 2 fully saturated rings. The number of ether oxygens (including phenoxy) is 4. The number of benzene rings is 2. The number of anilines is 1. The SMILES string of the molecule is COC(=O)c1ccc2c(c1)N(C[C@@H]1CC[C@H]1[C@@H]1C[C@H](OC[C@H](C)S(N)(=O)=O)CCO1)C[C@@]1(CCCc3cc(Cl)ccc31)CO2. The summed E-state index contributed by atoms with van der Waals surface area (Å²) in [4.78, 5) is 15.0. The molecule has 240 valence electrons. The Morgan fingerprint density at radius 2 is 2.05 bits per heavy atom. The molecule has 6 atom stereocenters. The highest BCUT2D eigenvalue weighted by Crippen LogP contribution is 2.47. The summed E-state index contributed by atoms with van der Waals surface area (Å²) in [5, 5.41) is 5.31. The first-order valence-corrected chi connectivity index (χ1v) is 17.7. The molecule has 9 nitrogen and oxygen atoms in total. The number of methoxy groups -OCH3 is 1. The minimum Gasteiger partial charge on any atom is -0.490 e. The quantitative estimate of drug-likeness (QED) is 0.404. The molecule has 0 unspecified atom stereocenters. The molecule has 1 saturated heterocycles. The van der Waals surface area contributed by atoms with E-state index in [1.54, 1.807) is 13.0 Å². The Hall–Kier alpha value is -2.37. The molecule has 11 heteroatoms. The number of esters is 1. The first-order chi connectivity index (χ1) is 21.1. The lowest BCUT2D eigenvalue weighted by atomic mass is 9.67. The summed E-state index contributed by atoms with van der Waals surface area (Å²) in [5.41, 5.74) is 3.80. The van der Waals surface area contributed by atoms with Crippen molar-refractivity contribution in [1.82, 2.24) is 0 Å². The summed E-state index contributed by atoms with van der Waals surface area (Å²) in [6, 6.07) is 11.8. The zero-order valence-corrected chi connectivity index (χ0v) is 27.1.